The quantitative estimate of drug-likeness (QED) is 0.156. The summed E-state index contributed by atoms with van der Waals surface area (Å²) in [6, 6.07) is 14.9. The maximum Gasteiger partial charge on any atom is 0.201 e. The lowest BCUT2D eigenvalue weighted by Gasteiger charge is -2.28. The fraction of sp³-hybridized carbons (Fsp3) is 0.412. The van der Waals surface area contributed by atoms with Gasteiger partial charge in [-0.1, -0.05) is 94.0 Å². The van der Waals surface area contributed by atoms with E-state index in [-0.39, 0.29) is 17.2 Å². The summed E-state index contributed by atoms with van der Waals surface area (Å²) in [5.41, 5.74) is 2.44. The van der Waals surface area contributed by atoms with Crippen LogP contribution < -0.4 is 4.74 Å². The Morgan fingerprint density at radius 1 is 0.775 bits per heavy atom. The Kier molecular flexibility index (Phi) is 11.2. The van der Waals surface area contributed by atoms with Gasteiger partial charge in [-0.3, -0.25) is 0 Å². The van der Waals surface area contributed by atoms with Gasteiger partial charge in [0.05, 0.1) is 19.8 Å². The van der Waals surface area contributed by atoms with Crippen LogP contribution in [0.25, 0.3) is 22.3 Å². The number of hydrogen-bond donors (Lipinski definition) is 0. The molecule has 1 aliphatic heterocycles. The van der Waals surface area contributed by atoms with Crippen molar-refractivity contribution < 1.29 is 27.4 Å². The highest BCUT2D eigenvalue weighted by Gasteiger charge is 2.24. The molecule has 3 aromatic carbocycles. The van der Waals surface area contributed by atoms with Crippen molar-refractivity contribution in [3.05, 3.63) is 89.8 Å². The summed E-state index contributed by atoms with van der Waals surface area (Å²) >= 11 is 0. The van der Waals surface area contributed by atoms with Gasteiger partial charge in [0.15, 0.2) is 17.9 Å². The van der Waals surface area contributed by atoms with Crippen LogP contribution in [0, 0.1) is 23.4 Å². The maximum absolute atomic E-state index is 15.0. The topological polar surface area (TPSA) is 27.7 Å². The molecule has 1 aliphatic rings. The molecule has 1 heterocycles. The highest BCUT2D eigenvalue weighted by atomic mass is 19.2. The van der Waals surface area contributed by atoms with Crippen LogP contribution in [0.1, 0.15) is 70.6 Å². The zero-order valence-electron chi connectivity index (χ0n) is 23.4. The molecule has 6 heteroatoms. The van der Waals surface area contributed by atoms with E-state index in [2.05, 4.69) is 6.92 Å². The molecule has 0 radical (unpaired) electrons. The van der Waals surface area contributed by atoms with E-state index in [4.69, 9.17) is 14.2 Å². The first-order valence-corrected chi connectivity index (χ1v) is 14.4. The van der Waals surface area contributed by atoms with E-state index in [0.29, 0.717) is 36.5 Å². The highest BCUT2D eigenvalue weighted by molar-refractivity contribution is 5.71. The van der Waals surface area contributed by atoms with E-state index in [1.807, 2.05) is 19.1 Å². The molecule has 4 rings (SSSR count). The van der Waals surface area contributed by atoms with Crippen molar-refractivity contribution in [2.45, 2.75) is 65.1 Å². The van der Waals surface area contributed by atoms with E-state index in [9.17, 15) is 13.2 Å². The molecular weight excluding hydrogens is 513 g/mol. The summed E-state index contributed by atoms with van der Waals surface area (Å²) in [5.74, 6) is -2.24. The van der Waals surface area contributed by atoms with E-state index in [1.54, 1.807) is 36.4 Å². The third-order valence-electron chi connectivity index (χ3n) is 7.22. The normalized spacial score (nSPS) is 17.4. The molecule has 1 fully saturated rings. The van der Waals surface area contributed by atoms with Gasteiger partial charge >= 0.3 is 0 Å². The predicted molar refractivity (Wildman–Crippen MR) is 154 cm³/mol. The second-order valence-electron chi connectivity index (χ2n) is 10.3. The molecule has 0 amide bonds. The van der Waals surface area contributed by atoms with Crippen LogP contribution in [0.5, 0.6) is 5.75 Å². The first-order chi connectivity index (χ1) is 19.5. The minimum Gasteiger partial charge on any atom is -0.490 e. The summed E-state index contributed by atoms with van der Waals surface area (Å²) in [4.78, 5) is 0. The van der Waals surface area contributed by atoms with Crippen molar-refractivity contribution in [2.75, 3.05) is 19.8 Å². The lowest BCUT2D eigenvalue weighted by molar-refractivity contribution is -0.198. The van der Waals surface area contributed by atoms with Crippen LogP contribution in [-0.2, 0) is 9.47 Å². The van der Waals surface area contributed by atoms with E-state index >= 15 is 0 Å². The zero-order chi connectivity index (χ0) is 28.3. The van der Waals surface area contributed by atoms with Gasteiger partial charge in [-0.05, 0) is 48.2 Å². The Balaban J connectivity index is 1.36. The Morgan fingerprint density at radius 2 is 1.43 bits per heavy atom. The summed E-state index contributed by atoms with van der Waals surface area (Å²) in [7, 11) is 0. The molecule has 3 aromatic rings. The second-order valence-corrected chi connectivity index (χ2v) is 10.3. The maximum atomic E-state index is 15.0. The van der Waals surface area contributed by atoms with Crippen LogP contribution in [0.4, 0.5) is 13.2 Å². The first-order valence-electron chi connectivity index (χ1n) is 14.4. The number of unbranched alkanes of at least 4 members (excludes halogenated alkanes) is 6. The number of ether oxygens (including phenoxy) is 3. The fourth-order valence-corrected chi connectivity index (χ4v) is 4.93. The summed E-state index contributed by atoms with van der Waals surface area (Å²) in [6.07, 6.45) is 11.1. The molecule has 40 heavy (non-hydrogen) atoms. The summed E-state index contributed by atoms with van der Waals surface area (Å²) < 4.78 is 61.6. The molecule has 0 aliphatic carbocycles. The minimum atomic E-state index is -0.980. The van der Waals surface area contributed by atoms with Crippen molar-refractivity contribution >= 4 is 0 Å². The second kappa shape index (κ2) is 15.1. The van der Waals surface area contributed by atoms with Gasteiger partial charge < -0.3 is 14.2 Å². The van der Waals surface area contributed by atoms with Crippen molar-refractivity contribution in [3.63, 3.8) is 0 Å². The zero-order valence-corrected chi connectivity index (χ0v) is 23.4. The van der Waals surface area contributed by atoms with Crippen LogP contribution in [-0.4, -0.2) is 19.8 Å². The molecule has 0 saturated carbocycles. The molecule has 0 spiro atoms. The van der Waals surface area contributed by atoms with Gasteiger partial charge in [-0.15, -0.1) is 0 Å². The van der Waals surface area contributed by atoms with Gasteiger partial charge in [-0.25, -0.2) is 8.78 Å². The largest absolute Gasteiger partial charge is 0.490 e. The van der Waals surface area contributed by atoms with Crippen molar-refractivity contribution in [1.82, 2.24) is 0 Å². The van der Waals surface area contributed by atoms with E-state index in [1.165, 1.54) is 43.9 Å². The van der Waals surface area contributed by atoms with E-state index < -0.39 is 23.7 Å². The smallest absolute Gasteiger partial charge is 0.201 e. The number of halogens is 3. The van der Waals surface area contributed by atoms with Gasteiger partial charge in [0, 0.05) is 17.0 Å². The first kappa shape index (κ1) is 29.9. The average molecular weight is 553 g/mol. The third kappa shape index (κ3) is 7.76. The third-order valence-corrected chi connectivity index (χ3v) is 7.22. The molecule has 0 unspecified atom stereocenters. The van der Waals surface area contributed by atoms with Crippen LogP contribution in [0.3, 0.4) is 0 Å². The standard InChI is InChI=1S/C34H39F3O3/c1-3-5-6-7-8-9-10-20-38-31-19-18-28(32(36)33(31)37)26-14-12-25(13-15-26)27-16-17-29(30(35)21-27)34-39-22-24(11-4-2)23-40-34/h4,11-19,21,24,34H,3,5-10,20,22-23H2,1-2H3. The minimum absolute atomic E-state index is 0.0670. The van der Waals surface area contributed by atoms with Gasteiger partial charge in [0.25, 0.3) is 0 Å². The van der Waals surface area contributed by atoms with Crippen LogP contribution in [0.15, 0.2) is 66.7 Å². The Bertz CT molecular complexity index is 1250. The molecule has 0 aromatic heterocycles. The molecule has 0 atom stereocenters. The highest BCUT2D eigenvalue weighted by Crippen LogP contribution is 2.33. The van der Waals surface area contributed by atoms with Crippen LogP contribution in [0.2, 0.25) is 0 Å². The van der Waals surface area contributed by atoms with Crippen molar-refractivity contribution in [1.29, 1.82) is 0 Å². The lowest BCUT2D eigenvalue weighted by atomic mass is 9.98. The number of rotatable bonds is 13. The Labute approximate surface area is 236 Å². The van der Waals surface area contributed by atoms with E-state index in [0.717, 1.165) is 24.8 Å². The molecule has 214 valence electrons. The predicted octanol–water partition coefficient (Wildman–Crippen LogP) is 9.80. The average Bonchev–Trinajstić information content (AvgIpc) is 2.97. The van der Waals surface area contributed by atoms with Gasteiger partial charge in [0.2, 0.25) is 5.82 Å². The van der Waals surface area contributed by atoms with Crippen molar-refractivity contribution in [2.24, 2.45) is 5.92 Å². The number of benzene rings is 3. The fourth-order valence-electron chi connectivity index (χ4n) is 4.93. The molecule has 3 nitrogen and oxygen atoms in total. The monoisotopic (exact) mass is 552 g/mol. The molecule has 1 saturated heterocycles. The van der Waals surface area contributed by atoms with Gasteiger partial charge in [0.1, 0.15) is 5.82 Å². The van der Waals surface area contributed by atoms with Crippen molar-refractivity contribution in [3.8, 4) is 28.0 Å². The Hall–Kier alpha value is -3.09. The summed E-state index contributed by atoms with van der Waals surface area (Å²) in [5, 5.41) is 0. The lowest BCUT2D eigenvalue weighted by Crippen LogP contribution is -2.26. The molecule has 0 N–H and O–H groups in total. The summed E-state index contributed by atoms with van der Waals surface area (Å²) in [6.45, 7) is 5.44. The SMILES string of the molecule is CC=CC1COC(c2ccc(-c3ccc(-c4ccc(OCCCCCCCCC)c(F)c4F)cc3)cc2F)OC1. The Morgan fingerprint density at radius 3 is 2.10 bits per heavy atom. The molecular formula is C34H39F3O3. The van der Waals surface area contributed by atoms with Gasteiger partial charge in [-0.2, -0.15) is 4.39 Å². The molecule has 0 bridgehead atoms. The number of allylic oxidation sites excluding steroid dienone is 1. The van der Waals surface area contributed by atoms with Crippen LogP contribution >= 0.6 is 0 Å². The number of hydrogen-bond acceptors (Lipinski definition) is 3.